The van der Waals surface area contributed by atoms with Gasteiger partial charge in [0.05, 0.1) is 25.7 Å². The number of likely N-dealkylation sites (tertiary alicyclic amines) is 1. The van der Waals surface area contributed by atoms with E-state index in [1.54, 1.807) is 0 Å². The van der Waals surface area contributed by atoms with Crippen LogP contribution in [-0.2, 0) is 4.74 Å². The first-order chi connectivity index (χ1) is 7.68. The highest BCUT2D eigenvalue weighted by Gasteiger charge is 2.30. The average molecular weight is 276 g/mol. The number of rotatable bonds is 4. The molecule has 0 amide bonds. The van der Waals surface area contributed by atoms with Gasteiger partial charge in [0, 0.05) is 12.8 Å². The van der Waals surface area contributed by atoms with Crippen LogP contribution >= 0.6 is 11.5 Å². The lowest BCUT2D eigenvalue weighted by Gasteiger charge is -2.33. The van der Waals surface area contributed by atoms with Crippen molar-refractivity contribution in [1.29, 1.82) is 0 Å². The quantitative estimate of drug-likeness (QED) is 0.563. The summed E-state index contributed by atoms with van der Waals surface area (Å²) < 4.78 is 37.4. The van der Waals surface area contributed by atoms with Gasteiger partial charge in [-0.05, 0) is 20.8 Å². The molecule has 1 aliphatic rings. The van der Waals surface area contributed by atoms with Gasteiger partial charge >= 0.3 is 6.39 Å². The third kappa shape index (κ3) is 9.74. The monoisotopic (exact) mass is 275 g/mol. The lowest BCUT2D eigenvalue weighted by atomic mass is 10.4. The van der Waals surface area contributed by atoms with E-state index in [1.807, 2.05) is 0 Å². The summed E-state index contributed by atoms with van der Waals surface area (Å²) in [5.74, 6) is 0. The van der Waals surface area contributed by atoms with Gasteiger partial charge in [0.15, 0.2) is 6.73 Å². The van der Waals surface area contributed by atoms with E-state index >= 15 is 0 Å². The zero-order chi connectivity index (χ0) is 13.5. The van der Waals surface area contributed by atoms with Gasteiger partial charge in [-0.25, -0.2) is 0 Å². The second-order valence-corrected chi connectivity index (χ2v) is 5.15. The lowest BCUT2D eigenvalue weighted by Crippen LogP contribution is -2.47. The average Bonchev–Trinajstić information content (AvgIpc) is 2.61. The molecule has 0 aromatic rings. The molecule has 0 unspecified atom stereocenters. The van der Waals surface area contributed by atoms with E-state index in [2.05, 4.69) is 32.2 Å². The van der Waals surface area contributed by atoms with Crippen molar-refractivity contribution in [2.45, 2.75) is 39.7 Å². The van der Waals surface area contributed by atoms with Crippen LogP contribution in [0.2, 0.25) is 0 Å². The third-order valence-corrected chi connectivity index (χ3v) is 2.87. The molecule has 0 saturated carbocycles. The minimum absolute atomic E-state index is 0.382. The van der Waals surface area contributed by atoms with Crippen molar-refractivity contribution >= 4 is 17.9 Å². The highest BCUT2D eigenvalue weighted by Crippen LogP contribution is 2.19. The fraction of sp³-hybridized carbons (Fsp3) is 1.00. The Kier molecular flexibility index (Phi) is 7.52. The van der Waals surface area contributed by atoms with Crippen LogP contribution in [0.25, 0.3) is 0 Å². The minimum atomic E-state index is -5.03. The van der Waals surface area contributed by atoms with Crippen LogP contribution in [0.5, 0.6) is 0 Å². The first-order valence-electron chi connectivity index (χ1n) is 6.02. The van der Waals surface area contributed by atoms with Gasteiger partial charge in [0.25, 0.3) is 0 Å². The molecule has 17 heavy (non-hydrogen) atoms. The Hall–Kier alpha value is 0.0649. The molecule has 0 aliphatic carbocycles. The predicted molar refractivity (Wildman–Crippen MR) is 65.8 cm³/mol. The summed E-state index contributed by atoms with van der Waals surface area (Å²) >= 11 is 3.59. The van der Waals surface area contributed by atoms with Crippen molar-refractivity contribution in [3.05, 3.63) is 0 Å². The fourth-order valence-corrected chi connectivity index (χ4v) is 1.85. The number of halogens is 4. The maximum absolute atomic E-state index is 10.2. The second-order valence-electron chi connectivity index (χ2n) is 4.65. The van der Waals surface area contributed by atoms with Crippen molar-refractivity contribution in [2.75, 3.05) is 26.4 Å². The number of nitrogens with zero attached hydrogens (tertiary/aromatic N) is 1. The van der Waals surface area contributed by atoms with Crippen LogP contribution in [0, 0.1) is 0 Å². The van der Waals surface area contributed by atoms with Crippen LogP contribution < -0.4 is 0 Å². The summed E-state index contributed by atoms with van der Waals surface area (Å²) in [6, 6.07) is 0. The van der Waals surface area contributed by atoms with Crippen LogP contribution in [0.3, 0.4) is 0 Å². The summed E-state index contributed by atoms with van der Waals surface area (Å²) in [4.78, 5) is 0. The molecule has 0 spiro atoms. The van der Waals surface area contributed by atoms with Crippen LogP contribution in [0.4, 0.5) is 12.9 Å². The molecule has 1 aliphatic heterocycles. The number of hydrogen-bond acceptors (Lipinski definition) is 1. The molecule has 0 aromatic heterocycles. The first-order valence-corrected chi connectivity index (χ1v) is 6.46. The molecule has 2 nitrogen and oxygen atoms in total. The third-order valence-electron chi connectivity index (χ3n) is 2.87. The standard InChI is InChI=1S/C10H22NO.BClF3/c1-4-11(7-5-6-8-11)9-12-10(2)3;2-1(3,4)5/h10H,4-9H2,1-3H3;/q+1;-1. The van der Waals surface area contributed by atoms with Gasteiger partial charge in [-0.2, -0.15) is 0 Å². The topological polar surface area (TPSA) is 9.23 Å². The molecule has 1 saturated heterocycles. The molecule has 1 heterocycles. The van der Waals surface area contributed by atoms with E-state index in [0.717, 1.165) is 6.73 Å². The molecular formula is C10H22BClF3NO. The van der Waals surface area contributed by atoms with Crippen LogP contribution in [-0.4, -0.2) is 43.3 Å². The second kappa shape index (κ2) is 7.49. The van der Waals surface area contributed by atoms with E-state index < -0.39 is 6.39 Å². The Labute approximate surface area is 107 Å². The Bertz CT molecular complexity index is 202. The van der Waals surface area contributed by atoms with Gasteiger partial charge in [-0.3, -0.25) is 11.5 Å². The Morgan fingerprint density at radius 2 is 1.65 bits per heavy atom. The van der Waals surface area contributed by atoms with Crippen molar-refractivity contribution in [3.63, 3.8) is 0 Å². The fourth-order valence-electron chi connectivity index (χ4n) is 1.85. The number of ether oxygens (including phenoxy) is 1. The first kappa shape index (κ1) is 17.1. The van der Waals surface area contributed by atoms with Crippen molar-refractivity contribution in [3.8, 4) is 0 Å². The summed E-state index contributed by atoms with van der Waals surface area (Å²) in [6.07, 6.45) is -1.88. The highest BCUT2D eigenvalue weighted by atomic mass is 35.5. The van der Waals surface area contributed by atoms with Crippen molar-refractivity contribution in [1.82, 2.24) is 0 Å². The summed E-state index contributed by atoms with van der Waals surface area (Å²) in [7, 11) is 0. The summed E-state index contributed by atoms with van der Waals surface area (Å²) in [6.45, 7) is 11.3. The molecule has 1 rings (SSSR count). The normalized spacial score (nSPS) is 19.1. The zero-order valence-corrected chi connectivity index (χ0v) is 11.5. The minimum Gasteiger partial charge on any atom is -0.435 e. The van der Waals surface area contributed by atoms with Crippen molar-refractivity contribution in [2.24, 2.45) is 0 Å². The largest absolute Gasteiger partial charge is 0.576 e. The molecule has 0 N–H and O–H groups in total. The summed E-state index contributed by atoms with van der Waals surface area (Å²) in [5.41, 5.74) is 0. The smallest absolute Gasteiger partial charge is 0.435 e. The SMILES string of the molecule is CC[N+]1(COC(C)C)CCCC1.F[B-](F)(F)Cl. The van der Waals surface area contributed by atoms with E-state index in [4.69, 9.17) is 4.74 Å². The van der Waals surface area contributed by atoms with Crippen LogP contribution in [0.15, 0.2) is 0 Å². The molecule has 1 fully saturated rings. The number of quaternary nitrogens is 1. The van der Waals surface area contributed by atoms with Crippen molar-refractivity contribution < 1.29 is 22.2 Å². The Balaban J connectivity index is 0.000000437. The maximum Gasteiger partial charge on any atom is 0.576 e. The highest BCUT2D eigenvalue weighted by molar-refractivity contribution is 7.08. The van der Waals surface area contributed by atoms with Crippen LogP contribution in [0.1, 0.15) is 33.6 Å². The van der Waals surface area contributed by atoms with Gasteiger partial charge in [-0.1, -0.05) is 0 Å². The molecule has 0 radical (unpaired) electrons. The Morgan fingerprint density at radius 3 is 1.94 bits per heavy atom. The van der Waals surface area contributed by atoms with Gasteiger partial charge in [0.1, 0.15) is 0 Å². The van der Waals surface area contributed by atoms with E-state index in [9.17, 15) is 12.9 Å². The zero-order valence-electron chi connectivity index (χ0n) is 10.8. The van der Waals surface area contributed by atoms with Gasteiger partial charge in [-0.15, -0.1) is 0 Å². The van der Waals surface area contributed by atoms with E-state index in [-0.39, 0.29) is 0 Å². The molecule has 7 heteroatoms. The lowest BCUT2D eigenvalue weighted by molar-refractivity contribution is -0.934. The molecule has 0 atom stereocenters. The van der Waals surface area contributed by atoms with Gasteiger partial charge in [0.2, 0.25) is 0 Å². The predicted octanol–water partition coefficient (Wildman–Crippen LogP) is 3.57. The molecule has 0 bridgehead atoms. The number of hydrogen-bond donors (Lipinski definition) is 0. The molecule has 104 valence electrons. The van der Waals surface area contributed by atoms with Gasteiger partial charge < -0.3 is 22.2 Å². The maximum atomic E-state index is 10.2. The molecule has 0 aromatic carbocycles. The van der Waals surface area contributed by atoms with E-state index in [0.29, 0.717) is 6.10 Å². The summed E-state index contributed by atoms with van der Waals surface area (Å²) in [5, 5.41) is 0. The Morgan fingerprint density at radius 1 is 1.24 bits per heavy atom. The molecular weight excluding hydrogens is 253 g/mol. The van der Waals surface area contributed by atoms with E-state index in [1.165, 1.54) is 37.0 Å².